The number of benzene rings is 2. The second kappa shape index (κ2) is 9.85. The van der Waals surface area contributed by atoms with Gasteiger partial charge in [-0.25, -0.2) is 4.79 Å². The molecule has 2 aromatic carbocycles. The van der Waals surface area contributed by atoms with Crippen molar-refractivity contribution in [1.82, 2.24) is 10.2 Å². The molecule has 0 bridgehead atoms. The van der Waals surface area contributed by atoms with E-state index in [1.807, 2.05) is 57.2 Å². The third-order valence-corrected chi connectivity index (χ3v) is 5.30. The monoisotopic (exact) mass is 438 g/mol. The molecule has 0 heterocycles. The van der Waals surface area contributed by atoms with Gasteiger partial charge in [0.25, 0.3) is 0 Å². The number of carboxylic acid groups (broad SMARTS) is 1. The predicted molar refractivity (Wildman–Crippen MR) is 121 cm³/mol. The lowest BCUT2D eigenvalue weighted by molar-refractivity contribution is -0.145. The van der Waals surface area contributed by atoms with Gasteiger partial charge in [0.05, 0.1) is 0 Å². The van der Waals surface area contributed by atoms with Crippen LogP contribution in [-0.2, 0) is 14.3 Å². The molecule has 1 aliphatic rings. The fourth-order valence-electron chi connectivity index (χ4n) is 4.05. The van der Waals surface area contributed by atoms with Gasteiger partial charge in [0.2, 0.25) is 5.91 Å². The molecule has 7 nitrogen and oxygen atoms in total. The minimum absolute atomic E-state index is 0.00750. The number of aliphatic carboxylic acids is 1. The lowest BCUT2D eigenvalue weighted by Crippen LogP contribution is -2.42. The largest absolute Gasteiger partial charge is 0.480 e. The maximum absolute atomic E-state index is 12.5. The summed E-state index contributed by atoms with van der Waals surface area (Å²) in [5, 5.41) is 11.7. The highest BCUT2D eigenvalue weighted by atomic mass is 16.5. The second-order valence-electron chi connectivity index (χ2n) is 9.21. The molecule has 32 heavy (non-hydrogen) atoms. The van der Waals surface area contributed by atoms with E-state index in [9.17, 15) is 14.4 Å². The molecule has 1 aliphatic carbocycles. The number of carbonyl (C=O) groups excluding carboxylic acids is 2. The zero-order valence-electron chi connectivity index (χ0n) is 18.8. The molecule has 0 fully saturated rings. The number of hydrogen-bond acceptors (Lipinski definition) is 4. The summed E-state index contributed by atoms with van der Waals surface area (Å²) in [5.41, 5.74) is 4.33. The summed E-state index contributed by atoms with van der Waals surface area (Å²) in [6.45, 7) is 6.04. The Morgan fingerprint density at radius 1 is 1.00 bits per heavy atom. The molecule has 0 atom stereocenters. The maximum Gasteiger partial charge on any atom is 0.407 e. The molecule has 0 spiro atoms. The van der Waals surface area contributed by atoms with Gasteiger partial charge in [-0.1, -0.05) is 69.3 Å². The lowest BCUT2D eigenvalue weighted by Gasteiger charge is -2.28. The Hall–Kier alpha value is -3.35. The van der Waals surface area contributed by atoms with Gasteiger partial charge in [-0.3, -0.25) is 9.59 Å². The standard InChI is InChI=1S/C25H30N2O5/c1-25(2,3)16-27(14-23(29)30)22(28)12-13-26-24(31)32-15-21-19-10-6-4-8-17(19)18-9-5-7-11-20(18)21/h4-11,21H,12-16H2,1-3H3,(H,26,31)(H,29,30). The van der Waals surface area contributed by atoms with E-state index in [4.69, 9.17) is 9.84 Å². The molecule has 2 aromatic rings. The number of alkyl carbamates (subject to hydrolysis) is 1. The highest BCUT2D eigenvalue weighted by Gasteiger charge is 2.29. The van der Waals surface area contributed by atoms with E-state index in [-0.39, 0.29) is 43.4 Å². The molecule has 0 unspecified atom stereocenters. The van der Waals surface area contributed by atoms with Crippen LogP contribution in [0.3, 0.4) is 0 Å². The number of nitrogens with zero attached hydrogens (tertiary/aromatic N) is 1. The van der Waals surface area contributed by atoms with Crippen LogP contribution in [0.25, 0.3) is 11.1 Å². The Morgan fingerprint density at radius 2 is 1.56 bits per heavy atom. The van der Waals surface area contributed by atoms with Gasteiger partial charge < -0.3 is 20.1 Å². The van der Waals surface area contributed by atoms with Crippen molar-refractivity contribution in [2.75, 3.05) is 26.2 Å². The van der Waals surface area contributed by atoms with Gasteiger partial charge in [0, 0.05) is 25.4 Å². The topological polar surface area (TPSA) is 95.9 Å². The second-order valence-corrected chi connectivity index (χ2v) is 9.21. The molecule has 2 amide bonds. The Morgan fingerprint density at radius 3 is 2.09 bits per heavy atom. The number of amides is 2. The van der Waals surface area contributed by atoms with Gasteiger partial charge in [-0.15, -0.1) is 0 Å². The highest BCUT2D eigenvalue weighted by molar-refractivity contribution is 5.82. The van der Waals surface area contributed by atoms with Crippen LogP contribution in [0.1, 0.15) is 44.2 Å². The SMILES string of the molecule is CC(C)(C)CN(CC(=O)O)C(=O)CCNC(=O)OCC1c2ccccc2-c2ccccc21. The van der Waals surface area contributed by atoms with Crippen LogP contribution >= 0.6 is 0 Å². The Bertz CT molecular complexity index is 950. The summed E-state index contributed by atoms with van der Waals surface area (Å²) in [7, 11) is 0. The summed E-state index contributed by atoms with van der Waals surface area (Å²) in [6, 6.07) is 16.2. The molecular formula is C25H30N2O5. The van der Waals surface area contributed by atoms with Crippen molar-refractivity contribution >= 4 is 18.0 Å². The van der Waals surface area contributed by atoms with E-state index in [1.54, 1.807) is 0 Å². The van der Waals surface area contributed by atoms with Crippen LogP contribution in [0.5, 0.6) is 0 Å². The molecule has 0 aliphatic heterocycles. The van der Waals surface area contributed by atoms with E-state index in [0.29, 0.717) is 6.54 Å². The Balaban J connectivity index is 1.51. The molecule has 0 saturated heterocycles. The van der Waals surface area contributed by atoms with E-state index in [2.05, 4.69) is 17.4 Å². The predicted octanol–water partition coefficient (Wildman–Crippen LogP) is 3.87. The average Bonchev–Trinajstić information content (AvgIpc) is 3.04. The highest BCUT2D eigenvalue weighted by Crippen LogP contribution is 2.44. The van der Waals surface area contributed by atoms with Crippen molar-refractivity contribution in [1.29, 1.82) is 0 Å². The van der Waals surface area contributed by atoms with Gasteiger partial charge >= 0.3 is 12.1 Å². The van der Waals surface area contributed by atoms with Crippen LogP contribution in [0, 0.1) is 5.41 Å². The van der Waals surface area contributed by atoms with Gasteiger partial charge in [0.15, 0.2) is 0 Å². The van der Waals surface area contributed by atoms with Crippen LogP contribution in [0.2, 0.25) is 0 Å². The van der Waals surface area contributed by atoms with Crippen molar-refractivity contribution < 1.29 is 24.2 Å². The third kappa shape index (κ3) is 5.87. The molecule has 0 aromatic heterocycles. The van der Waals surface area contributed by atoms with Crippen molar-refractivity contribution in [3.63, 3.8) is 0 Å². The maximum atomic E-state index is 12.5. The number of nitrogens with one attached hydrogen (secondary N) is 1. The number of carboxylic acids is 1. The lowest BCUT2D eigenvalue weighted by atomic mass is 9.96. The summed E-state index contributed by atoms with van der Waals surface area (Å²) < 4.78 is 5.46. The van der Waals surface area contributed by atoms with Crippen molar-refractivity contribution in [3.8, 4) is 11.1 Å². The minimum Gasteiger partial charge on any atom is -0.480 e. The molecular weight excluding hydrogens is 408 g/mol. The first-order valence-corrected chi connectivity index (χ1v) is 10.7. The van der Waals surface area contributed by atoms with Gasteiger partial charge in [0.1, 0.15) is 13.2 Å². The number of carbonyl (C=O) groups is 3. The zero-order chi connectivity index (χ0) is 23.3. The number of hydrogen-bond donors (Lipinski definition) is 2. The Labute approximate surface area is 188 Å². The first-order chi connectivity index (χ1) is 15.2. The number of ether oxygens (including phenoxy) is 1. The van der Waals surface area contributed by atoms with Gasteiger partial charge in [-0.2, -0.15) is 0 Å². The molecule has 3 rings (SSSR count). The van der Waals surface area contributed by atoms with Gasteiger partial charge in [-0.05, 0) is 27.7 Å². The van der Waals surface area contributed by atoms with Crippen molar-refractivity contribution in [2.24, 2.45) is 5.41 Å². The van der Waals surface area contributed by atoms with Crippen molar-refractivity contribution in [2.45, 2.75) is 33.1 Å². The van der Waals surface area contributed by atoms with Crippen LogP contribution in [-0.4, -0.2) is 54.2 Å². The minimum atomic E-state index is -1.06. The number of rotatable bonds is 8. The fourth-order valence-corrected chi connectivity index (χ4v) is 4.05. The summed E-state index contributed by atoms with van der Waals surface area (Å²) in [4.78, 5) is 37.1. The molecule has 0 saturated carbocycles. The van der Waals surface area contributed by atoms with E-state index in [1.165, 1.54) is 4.90 Å². The Kier molecular flexibility index (Phi) is 7.18. The van der Waals surface area contributed by atoms with Crippen molar-refractivity contribution in [3.05, 3.63) is 59.7 Å². The van der Waals surface area contributed by atoms with Crippen LogP contribution in [0.15, 0.2) is 48.5 Å². The first-order valence-electron chi connectivity index (χ1n) is 10.7. The summed E-state index contributed by atoms with van der Waals surface area (Å²) >= 11 is 0. The summed E-state index contributed by atoms with van der Waals surface area (Å²) in [5.74, 6) is -1.42. The smallest absolute Gasteiger partial charge is 0.407 e. The van der Waals surface area contributed by atoms with E-state index >= 15 is 0 Å². The van der Waals surface area contributed by atoms with E-state index < -0.39 is 12.1 Å². The molecule has 2 N–H and O–H groups in total. The average molecular weight is 439 g/mol. The van der Waals surface area contributed by atoms with E-state index in [0.717, 1.165) is 22.3 Å². The molecule has 170 valence electrons. The first kappa shape index (κ1) is 23.3. The zero-order valence-corrected chi connectivity index (χ0v) is 18.8. The van der Waals surface area contributed by atoms with Crippen LogP contribution in [0.4, 0.5) is 4.79 Å². The fraction of sp³-hybridized carbons (Fsp3) is 0.400. The molecule has 7 heteroatoms. The summed E-state index contributed by atoms with van der Waals surface area (Å²) in [6.07, 6.45) is -0.589. The third-order valence-electron chi connectivity index (χ3n) is 5.30. The number of fused-ring (bicyclic) bond motifs is 3. The normalized spacial score (nSPS) is 12.6. The quantitative estimate of drug-likeness (QED) is 0.652. The van der Waals surface area contributed by atoms with Crippen LogP contribution < -0.4 is 5.32 Å². The molecule has 0 radical (unpaired) electrons.